The predicted octanol–water partition coefficient (Wildman–Crippen LogP) is 5.05. The molecule has 0 unspecified atom stereocenters. The maximum atomic E-state index is 14.4. The van der Waals surface area contributed by atoms with E-state index in [1.54, 1.807) is 28.5 Å². The standard InChI is InChI=1S/C29H32FN5O2S2/c1-3-34-26(33-15-13-32(14-16-33)24-12-8-7-11-23(24)30)21(19(2)22(18-31)27(34)36)17-25-28(37)35(29(38)39-25)20-9-5-4-6-10-20/h7-8,11-12,17,20H,3-6,9-10,13-16H2,1-2H3/b25-17-. The Morgan fingerprint density at radius 2 is 1.77 bits per heavy atom. The van der Waals surface area contributed by atoms with Crippen LogP contribution in [0.15, 0.2) is 34.0 Å². The molecule has 0 spiro atoms. The minimum Gasteiger partial charge on any atom is -0.366 e. The second-order valence-electron chi connectivity index (χ2n) is 10.2. The molecule has 3 fully saturated rings. The number of aromatic nitrogens is 1. The molecule has 5 rings (SSSR count). The van der Waals surface area contributed by atoms with Gasteiger partial charge in [0.15, 0.2) is 0 Å². The zero-order chi connectivity index (χ0) is 27.7. The normalized spacial score (nSPS) is 19.7. The van der Waals surface area contributed by atoms with Gasteiger partial charge >= 0.3 is 0 Å². The minimum absolute atomic E-state index is 0.0830. The number of para-hydroxylation sites is 1. The summed E-state index contributed by atoms with van der Waals surface area (Å²) in [5.41, 5.74) is 1.56. The number of benzene rings is 1. The number of carbonyl (C=O) groups is 1. The highest BCUT2D eigenvalue weighted by molar-refractivity contribution is 8.26. The van der Waals surface area contributed by atoms with Gasteiger partial charge in [0.25, 0.3) is 11.5 Å². The number of thiocarbonyl (C=S) groups is 1. The van der Waals surface area contributed by atoms with Gasteiger partial charge in [0.2, 0.25) is 0 Å². The van der Waals surface area contributed by atoms with Gasteiger partial charge in [0.05, 0.1) is 10.6 Å². The first-order chi connectivity index (χ1) is 18.8. The van der Waals surface area contributed by atoms with Crippen molar-refractivity contribution in [3.05, 3.63) is 62.0 Å². The Morgan fingerprint density at radius 3 is 2.41 bits per heavy atom. The largest absolute Gasteiger partial charge is 0.366 e. The van der Waals surface area contributed by atoms with Crippen molar-refractivity contribution in [2.75, 3.05) is 36.0 Å². The quantitative estimate of drug-likeness (QED) is 0.371. The summed E-state index contributed by atoms with van der Waals surface area (Å²) in [6, 6.07) is 8.96. The highest BCUT2D eigenvalue weighted by atomic mass is 32.2. The van der Waals surface area contributed by atoms with Crippen molar-refractivity contribution in [3.8, 4) is 6.07 Å². The van der Waals surface area contributed by atoms with Crippen LogP contribution in [0.3, 0.4) is 0 Å². The number of rotatable bonds is 5. The van der Waals surface area contributed by atoms with Crippen molar-refractivity contribution in [2.45, 2.75) is 58.5 Å². The first-order valence-corrected chi connectivity index (χ1v) is 14.8. The molecule has 0 atom stereocenters. The summed E-state index contributed by atoms with van der Waals surface area (Å²) < 4.78 is 16.6. The minimum atomic E-state index is -0.337. The lowest BCUT2D eigenvalue weighted by atomic mass is 9.94. The maximum Gasteiger partial charge on any atom is 0.270 e. The fraction of sp³-hybridized carbons (Fsp3) is 0.448. The van der Waals surface area contributed by atoms with E-state index in [1.807, 2.05) is 24.0 Å². The van der Waals surface area contributed by atoms with Gasteiger partial charge in [-0.2, -0.15) is 5.26 Å². The smallest absolute Gasteiger partial charge is 0.270 e. The van der Waals surface area contributed by atoms with Gasteiger partial charge in [0, 0.05) is 44.3 Å². The van der Waals surface area contributed by atoms with E-state index in [-0.39, 0.29) is 28.9 Å². The molecular weight excluding hydrogens is 533 g/mol. The number of amides is 1. The Labute approximate surface area is 237 Å². The third-order valence-electron chi connectivity index (χ3n) is 7.97. The van der Waals surface area contributed by atoms with E-state index in [1.165, 1.54) is 24.2 Å². The van der Waals surface area contributed by atoms with Crippen LogP contribution in [-0.2, 0) is 11.3 Å². The molecule has 0 bridgehead atoms. The number of thioether (sulfide) groups is 1. The number of hydrogen-bond donors (Lipinski definition) is 0. The Hall–Kier alpha value is -3.16. The summed E-state index contributed by atoms with van der Waals surface area (Å²) in [5.74, 6) is 0.334. The number of hydrogen-bond acceptors (Lipinski definition) is 7. The van der Waals surface area contributed by atoms with Gasteiger partial charge in [0.1, 0.15) is 27.6 Å². The lowest BCUT2D eigenvalue weighted by molar-refractivity contribution is -0.124. The van der Waals surface area contributed by atoms with Gasteiger partial charge in [-0.1, -0.05) is 55.4 Å². The number of nitrogens with zero attached hydrogens (tertiary/aromatic N) is 5. The summed E-state index contributed by atoms with van der Waals surface area (Å²) in [4.78, 5) is 33.3. The molecule has 2 aromatic rings. The number of pyridine rings is 1. The zero-order valence-corrected chi connectivity index (χ0v) is 23.9. The molecule has 0 radical (unpaired) electrons. The number of halogens is 1. The van der Waals surface area contributed by atoms with Crippen LogP contribution < -0.4 is 15.4 Å². The number of carbonyl (C=O) groups excluding carboxylic acids is 1. The molecular formula is C29H32FN5O2S2. The van der Waals surface area contributed by atoms with Crippen molar-refractivity contribution in [1.82, 2.24) is 9.47 Å². The van der Waals surface area contributed by atoms with Crippen molar-refractivity contribution in [3.63, 3.8) is 0 Å². The number of anilines is 2. The topological polar surface area (TPSA) is 72.6 Å². The van der Waals surface area contributed by atoms with Crippen LogP contribution in [0, 0.1) is 24.1 Å². The molecule has 2 saturated heterocycles. The van der Waals surface area contributed by atoms with Gasteiger partial charge in [-0.25, -0.2) is 4.39 Å². The van der Waals surface area contributed by atoms with Crippen LogP contribution >= 0.6 is 24.0 Å². The summed E-state index contributed by atoms with van der Waals surface area (Å²) in [6.45, 7) is 6.28. The van der Waals surface area contributed by atoms with Crippen LogP contribution in [0.4, 0.5) is 15.9 Å². The lowest BCUT2D eigenvalue weighted by Crippen LogP contribution is -2.49. The first-order valence-electron chi connectivity index (χ1n) is 13.5. The highest BCUT2D eigenvalue weighted by Gasteiger charge is 2.38. The third kappa shape index (κ3) is 5.10. The Morgan fingerprint density at radius 1 is 1.10 bits per heavy atom. The molecule has 1 amide bonds. The van der Waals surface area contributed by atoms with E-state index >= 15 is 0 Å². The second kappa shape index (κ2) is 11.5. The van der Waals surface area contributed by atoms with E-state index < -0.39 is 0 Å². The van der Waals surface area contributed by atoms with E-state index in [0.29, 0.717) is 64.6 Å². The fourth-order valence-electron chi connectivity index (χ4n) is 5.91. The molecule has 1 aromatic heterocycles. The summed E-state index contributed by atoms with van der Waals surface area (Å²) in [6.07, 6.45) is 7.10. The summed E-state index contributed by atoms with van der Waals surface area (Å²) >= 11 is 6.94. The van der Waals surface area contributed by atoms with Gasteiger partial charge < -0.3 is 9.80 Å². The molecule has 39 heavy (non-hydrogen) atoms. The molecule has 1 aromatic carbocycles. The molecule has 0 N–H and O–H groups in total. The van der Waals surface area contributed by atoms with Crippen LogP contribution in [0.25, 0.3) is 6.08 Å². The number of nitriles is 1. The van der Waals surface area contributed by atoms with E-state index in [2.05, 4.69) is 11.0 Å². The van der Waals surface area contributed by atoms with Crippen molar-refractivity contribution in [2.24, 2.45) is 0 Å². The van der Waals surface area contributed by atoms with Gasteiger partial charge in [-0.15, -0.1) is 0 Å². The summed E-state index contributed by atoms with van der Waals surface area (Å²) in [7, 11) is 0. The molecule has 204 valence electrons. The van der Waals surface area contributed by atoms with Crippen molar-refractivity contribution in [1.29, 1.82) is 5.26 Å². The monoisotopic (exact) mass is 565 g/mol. The highest BCUT2D eigenvalue weighted by Crippen LogP contribution is 2.39. The Kier molecular flexibility index (Phi) is 8.10. The molecule has 1 aliphatic carbocycles. The zero-order valence-electron chi connectivity index (χ0n) is 22.3. The molecule has 7 nitrogen and oxygen atoms in total. The Bertz CT molecular complexity index is 1430. The SMILES string of the molecule is CCn1c(N2CCN(c3ccccc3F)CC2)c(/C=C2\SC(=S)N(C3CCCCC3)C2=O)c(C)c(C#N)c1=O. The van der Waals surface area contributed by atoms with Crippen LogP contribution in [0.2, 0.25) is 0 Å². The van der Waals surface area contributed by atoms with E-state index in [0.717, 1.165) is 25.7 Å². The molecule has 3 heterocycles. The fourth-order valence-corrected chi connectivity index (χ4v) is 7.29. The van der Waals surface area contributed by atoms with Crippen LogP contribution in [0.1, 0.15) is 55.7 Å². The van der Waals surface area contributed by atoms with E-state index in [4.69, 9.17) is 12.2 Å². The van der Waals surface area contributed by atoms with Crippen LogP contribution in [-0.4, -0.2) is 51.9 Å². The average Bonchev–Trinajstić information content (AvgIpc) is 3.23. The molecule has 10 heteroatoms. The third-order valence-corrected chi connectivity index (χ3v) is 9.30. The van der Waals surface area contributed by atoms with Crippen LogP contribution in [0.5, 0.6) is 0 Å². The van der Waals surface area contributed by atoms with Crippen molar-refractivity contribution >= 4 is 51.8 Å². The summed E-state index contributed by atoms with van der Waals surface area (Å²) in [5, 5.41) is 9.86. The first kappa shape index (κ1) is 27.4. The Balaban J connectivity index is 1.53. The second-order valence-corrected chi connectivity index (χ2v) is 11.8. The molecule has 3 aliphatic rings. The van der Waals surface area contributed by atoms with Crippen molar-refractivity contribution < 1.29 is 9.18 Å². The molecule has 1 saturated carbocycles. The maximum absolute atomic E-state index is 14.4. The molecule has 2 aliphatic heterocycles. The van der Waals surface area contributed by atoms with Gasteiger partial charge in [-0.3, -0.25) is 19.1 Å². The average molecular weight is 566 g/mol. The predicted molar refractivity (Wildman–Crippen MR) is 159 cm³/mol. The van der Waals surface area contributed by atoms with Gasteiger partial charge in [-0.05, 0) is 50.5 Å². The number of piperazine rings is 1. The lowest BCUT2D eigenvalue weighted by Gasteiger charge is -2.39. The van der Waals surface area contributed by atoms with E-state index in [9.17, 15) is 19.2 Å².